The van der Waals surface area contributed by atoms with E-state index in [0.717, 1.165) is 0 Å². The van der Waals surface area contributed by atoms with Gasteiger partial charge in [-0.1, -0.05) is 0 Å². The van der Waals surface area contributed by atoms with Crippen LogP contribution in [0, 0.1) is 0 Å². The average molecular weight is 170 g/mol. The Morgan fingerprint density at radius 1 is 1.25 bits per heavy atom. The Bertz CT molecular complexity index is 278. The van der Waals surface area contributed by atoms with E-state index in [4.69, 9.17) is 25.4 Å². The van der Waals surface area contributed by atoms with E-state index in [1.807, 2.05) is 0 Å². The number of hydrogen-bond donors (Lipinski definition) is 2. The molecule has 0 amide bonds. The van der Waals surface area contributed by atoms with Crippen LogP contribution in [-0.4, -0.2) is 13.2 Å². The SMILES string of the molecule is Nc1ccc(C2(N)OCCO2)o1. The normalized spacial score (nSPS) is 21.4. The molecule has 2 rings (SSSR count). The molecule has 0 saturated carbocycles. The minimum Gasteiger partial charge on any atom is -0.439 e. The van der Waals surface area contributed by atoms with Crippen LogP contribution in [0.4, 0.5) is 5.88 Å². The Labute approximate surface area is 69.2 Å². The third-order valence-corrected chi connectivity index (χ3v) is 1.69. The smallest absolute Gasteiger partial charge is 0.287 e. The molecule has 1 aliphatic heterocycles. The molecule has 1 aromatic heterocycles. The lowest BCUT2D eigenvalue weighted by molar-refractivity contribution is -0.173. The summed E-state index contributed by atoms with van der Waals surface area (Å²) < 4.78 is 15.4. The zero-order valence-electron chi connectivity index (χ0n) is 6.45. The van der Waals surface area contributed by atoms with E-state index in [1.54, 1.807) is 12.1 Å². The lowest BCUT2D eigenvalue weighted by Crippen LogP contribution is -2.37. The summed E-state index contributed by atoms with van der Waals surface area (Å²) >= 11 is 0. The summed E-state index contributed by atoms with van der Waals surface area (Å²) in [6.45, 7) is 0.939. The maximum atomic E-state index is 5.70. The zero-order chi connectivity index (χ0) is 8.60. The molecule has 1 saturated heterocycles. The fraction of sp³-hybridized carbons (Fsp3) is 0.429. The molecular weight excluding hydrogens is 160 g/mol. The van der Waals surface area contributed by atoms with Gasteiger partial charge in [-0.05, 0) is 6.07 Å². The summed E-state index contributed by atoms with van der Waals surface area (Å²) in [5, 5.41) is 0. The highest BCUT2D eigenvalue weighted by Gasteiger charge is 2.37. The van der Waals surface area contributed by atoms with E-state index >= 15 is 0 Å². The third kappa shape index (κ3) is 1.08. The van der Waals surface area contributed by atoms with Crippen molar-refractivity contribution in [3.63, 3.8) is 0 Å². The van der Waals surface area contributed by atoms with Gasteiger partial charge in [0.1, 0.15) is 0 Å². The molecule has 0 unspecified atom stereocenters. The number of hydrogen-bond acceptors (Lipinski definition) is 5. The van der Waals surface area contributed by atoms with Gasteiger partial charge in [-0.15, -0.1) is 0 Å². The van der Waals surface area contributed by atoms with Crippen LogP contribution in [-0.2, 0) is 15.4 Å². The van der Waals surface area contributed by atoms with Crippen LogP contribution in [0.1, 0.15) is 5.76 Å². The van der Waals surface area contributed by atoms with Gasteiger partial charge >= 0.3 is 0 Å². The van der Waals surface area contributed by atoms with E-state index in [9.17, 15) is 0 Å². The highest BCUT2D eigenvalue weighted by molar-refractivity contribution is 5.26. The summed E-state index contributed by atoms with van der Waals surface area (Å²) in [6.07, 6.45) is 0. The lowest BCUT2D eigenvalue weighted by atomic mass is 10.3. The van der Waals surface area contributed by atoms with Crippen molar-refractivity contribution in [2.75, 3.05) is 18.9 Å². The molecule has 0 atom stereocenters. The fourth-order valence-electron chi connectivity index (χ4n) is 1.11. The van der Waals surface area contributed by atoms with Crippen molar-refractivity contribution in [3.8, 4) is 0 Å². The zero-order valence-corrected chi connectivity index (χ0v) is 6.45. The van der Waals surface area contributed by atoms with Crippen LogP contribution in [0.5, 0.6) is 0 Å². The Kier molecular flexibility index (Phi) is 1.57. The lowest BCUT2D eigenvalue weighted by Gasteiger charge is -2.18. The van der Waals surface area contributed by atoms with Crippen molar-refractivity contribution in [2.45, 2.75) is 5.91 Å². The van der Waals surface area contributed by atoms with Gasteiger partial charge in [0, 0.05) is 6.07 Å². The van der Waals surface area contributed by atoms with Gasteiger partial charge < -0.3 is 19.6 Å². The molecule has 5 nitrogen and oxygen atoms in total. The minimum atomic E-state index is -1.24. The van der Waals surface area contributed by atoms with Crippen molar-refractivity contribution < 1.29 is 13.9 Å². The first kappa shape index (κ1) is 7.60. The van der Waals surface area contributed by atoms with Gasteiger partial charge in [0.2, 0.25) is 0 Å². The number of nitrogens with two attached hydrogens (primary N) is 2. The van der Waals surface area contributed by atoms with E-state index in [2.05, 4.69) is 0 Å². The number of nitrogen functional groups attached to an aromatic ring is 1. The van der Waals surface area contributed by atoms with Crippen molar-refractivity contribution in [3.05, 3.63) is 17.9 Å². The van der Waals surface area contributed by atoms with Crippen molar-refractivity contribution in [1.29, 1.82) is 0 Å². The Balaban J connectivity index is 2.28. The highest BCUT2D eigenvalue weighted by Crippen LogP contribution is 2.27. The van der Waals surface area contributed by atoms with Crippen LogP contribution in [0.3, 0.4) is 0 Å². The molecule has 2 heterocycles. The van der Waals surface area contributed by atoms with E-state index < -0.39 is 5.91 Å². The molecule has 0 bridgehead atoms. The molecule has 0 radical (unpaired) electrons. The molecule has 0 spiro atoms. The predicted molar refractivity (Wildman–Crippen MR) is 40.9 cm³/mol. The second kappa shape index (κ2) is 2.48. The molecule has 12 heavy (non-hydrogen) atoms. The molecule has 1 aromatic rings. The number of furan rings is 1. The molecule has 5 heteroatoms. The molecule has 4 N–H and O–H groups in total. The van der Waals surface area contributed by atoms with Gasteiger partial charge in [0.05, 0.1) is 13.2 Å². The molecule has 66 valence electrons. The van der Waals surface area contributed by atoms with Gasteiger partial charge in [-0.25, -0.2) is 0 Å². The topological polar surface area (TPSA) is 83.6 Å². The summed E-state index contributed by atoms with van der Waals surface area (Å²) in [5.41, 5.74) is 11.1. The summed E-state index contributed by atoms with van der Waals surface area (Å²) in [6, 6.07) is 3.25. The van der Waals surface area contributed by atoms with Crippen LogP contribution >= 0.6 is 0 Å². The Morgan fingerprint density at radius 2 is 1.92 bits per heavy atom. The largest absolute Gasteiger partial charge is 0.439 e. The molecule has 0 aliphatic carbocycles. The first-order chi connectivity index (χ1) is 5.71. The second-order valence-electron chi connectivity index (χ2n) is 2.57. The second-order valence-corrected chi connectivity index (χ2v) is 2.57. The fourth-order valence-corrected chi connectivity index (χ4v) is 1.11. The van der Waals surface area contributed by atoms with Crippen LogP contribution in [0.2, 0.25) is 0 Å². The number of rotatable bonds is 1. The maximum absolute atomic E-state index is 5.70. The van der Waals surface area contributed by atoms with Gasteiger partial charge in [0.15, 0.2) is 11.6 Å². The average Bonchev–Trinajstić information content (AvgIpc) is 2.59. The molecular formula is C7H10N2O3. The van der Waals surface area contributed by atoms with Crippen LogP contribution in [0.25, 0.3) is 0 Å². The van der Waals surface area contributed by atoms with Crippen molar-refractivity contribution in [2.24, 2.45) is 5.73 Å². The van der Waals surface area contributed by atoms with E-state index in [1.165, 1.54) is 0 Å². The molecule has 1 aliphatic rings. The number of ether oxygens (including phenoxy) is 2. The highest BCUT2D eigenvalue weighted by atomic mass is 16.8. The monoisotopic (exact) mass is 170 g/mol. The first-order valence-corrected chi connectivity index (χ1v) is 3.63. The minimum absolute atomic E-state index is 0.300. The van der Waals surface area contributed by atoms with Gasteiger partial charge in [-0.3, -0.25) is 5.73 Å². The van der Waals surface area contributed by atoms with Crippen molar-refractivity contribution >= 4 is 5.88 Å². The summed E-state index contributed by atoms with van der Waals surface area (Å²) in [5.74, 6) is -0.538. The Hall–Kier alpha value is -1.04. The van der Waals surface area contributed by atoms with Crippen LogP contribution < -0.4 is 11.5 Å². The molecule has 0 aromatic carbocycles. The maximum Gasteiger partial charge on any atom is 0.287 e. The quantitative estimate of drug-likeness (QED) is 0.618. The third-order valence-electron chi connectivity index (χ3n) is 1.69. The molecule has 1 fully saturated rings. The van der Waals surface area contributed by atoms with Gasteiger partial charge in [0.25, 0.3) is 5.91 Å². The van der Waals surface area contributed by atoms with E-state index in [0.29, 0.717) is 24.9 Å². The first-order valence-electron chi connectivity index (χ1n) is 3.63. The van der Waals surface area contributed by atoms with Gasteiger partial charge in [-0.2, -0.15) is 0 Å². The summed E-state index contributed by atoms with van der Waals surface area (Å²) in [7, 11) is 0. The standard InChI is InChI=1S/C7H10N2O3/c8-6-2-1-5(12-6)7(9)10-3-4-11-7/h1-2H,3-4,8-9H2. The predicted octanol–water partition coefficient (Wildman–Crippen LogP) is -0.0224. The Morgan fingerprint density at radius 3 is 2.42 bits per heavy atom. The van der Waals surface area contributed by atoms with E-state index in [-0.39, 0.29) is 0 Å². The van der Waals surface area contributed by atoms with Crippen molar-refractivity contribution in [1.82, 2.24) is 0 Å². The van der Waals surface area contributed by atoms with Crippen LogP contribution in [0.15, 0.2) is 16.5 Å². The summed E-state index contributed by atoms with van der Waals surface area (Å²) in [4.78, 5) is 0. The number of anilines is 1.